The molecule has 0 unspecified atom stereocenters. The van der Waals surface area contributed by atoms with Crippen LogP contribution in [0.25, 0.3) is 0 Å². The second kappa shape index (κ2) is 4.92. The van der Waals surface area contributed by atoms with Gasteiger partial charge in [0.25, 0.3) is 0 Å². The molecule has 4 nitrogen and oxygen atoms in total. The van der Waals surface area contributed by atoms with Crippen LogP contribution in [0.1, 0.15) is 15.2 Å². The van der Waals surface area contributed by atoms with E-state index < -0.39 is 34.8 Å². The number of alkyl halides is 4. The lowest BCUT2D eigenvalue weighted by molar-refractivity contribution is -0.163. The first-order valence-electron chi connectivity index (χ1n) is 4.46. The summed E-state index contributed by atoms with van der Waals surface area (Å²) in [5.74, 6) is -8.55. The quantitative estimate of drug-likeness (QED) is 0.836. The summed E-state index contributed by atoms with van der Waals surface area (Å²) in [5, 5.41) is 11.6. The van der Waals surface area contributed by atoms with Crippen LogP contribution in [-0.4, -0.2) is 29.3 Å². The summed E-state index contributed by atoms with van der Waals surface area (Å²) in [6, 6.07) is 0. The molecule has 0 fully saturated rings. The molecule has 0 aliphatic carbocycles. The maximum absolute atomic E-state index is 12.7. The molecule has 1 amide bonds. The zero-order valence-corrected chi connectivity index (χ0v) is 9.66. The molecular formula is C9H7F4NO3S. The average molecular weight is 285 g/mol. The largest absolute Gasteiger partial charge is 0.477 e. The van der Waals surface area contributed by atoms with Gasteiger partial charge in [-0.25, -0.2) is 13.6 Å². The highest BCUT2D eigenvalue weighted by atomic mass is 32.1. The Bertz CT molecular complexity index is 486. The minimum Gasteiger partial charge on any atom is -0.477 e. The number of carboxylic acid groups (broad SMARTS) is 1. The maximum Gasteiger partial charge on any atom is 0.383 e. The molecule has 100 valence electrons. The van der Waals surface area contributed by atoms with E-state index >= 15 is 0 Å². The van der Waals surface area contributed by atoms with Crippen molar-refractivity contribution in [2.24, 2.45) is 0 Å². The second-order valence-corrected chi connectivity index (χ2v) is 4.19. The Kier molecular flexibility index (Phi) is 3.95. The van der Waals surface area contributed by atoms with Crippen LogP contribution in [0, 0.1) is 6.92 Å². The molecule has 0 bridgehead atoms. The lowest BCUT2D eigenvalue weighted by Crippen LogP contribution is -2.41. The highest BCUT2D eigenvalue weighted by Crippen LogP contribution is 2.30. The number of aryl methyl sites for hydroxylation is 1. The molecule has 0 saturated heterocycles. The number of carbonyl (C=O) groups excluding carboxylic acids is 1. The minimum absolute atomic E-state index is 0.204. The third-order valence-electron chi connectivity index (χ3n) is 1.98. The van der Waals surface area contributed by atoms with Gasteiger partial charge in [-0.2, -0.15) is 8.78 Å². The fraction of sp³-hybridized carbons (Fsp3) is 0.333. The zero-order valence-electron chi connectivity index (χ0n) is 8.84. The number of anilines is 1. The molecule has 2 N–H and O–H groups in total. The van der Waals surface area contributed by atoms with Crippen molar-refractivity contribution in [3.05, 3.63) is 15.8 Å². The topological polar surface area (TPSA) is 66.4 Å². The van der Waals surface area contributed by atoms with E-state index in [1.165, 1.54) is 17.6 Å². The monoisotopic (exact) mass is 285 g/mol. The van der Waals surface area contributed by atoms with Crippen LogP contribution in [0.15, 0.2) is 5.38 Å². The average Bonchev–Trinajstić information content (AvgIpc) is 2.60. The number of hydrogen-bond donors (Lipinski definition) is 2. The normalized spacial score (nSPS) is 11.7. The molecule has 0 aromatic carbocycles. The van der Waals surface area contributed by atoms with Gasteiger partial charge in [0, 0.05) is 0 Å². The number of carboxylic acids is 1. The van der Waals surface area contributed by atoms with E-state index in [4.69, 9.17) is 5.11 Å². The number of amides is 1. The van der Waals surface area contributed by atoms with Gasteiger partial charge in [-0.3, -0.25) is 4.79 Å². The van der Waals surface area contributed by atoms with Crippen LogP contribution < -0.4 is 5.32 Å². The van der Waals surface area contributed by atoms with Crippen molar-refractivity contribution < 1.29 is 32.3 Å². The van der Waals surface area contributed by atoms with Crippen LogP contribution in [-0.2, 0) is 4.79 Å². The SMILES string of the molecule is Cc1csc(C(=O)O)c1NC(=O)C(F)(F)C(F)F. The van der Waals surface area contributed by atoms with Crippen LogP contribution in [0.4, 0.5) is 23.2 Å². The molecule has 1 rings (SSSR count). The van der Waals surface area contributed by atoms with Crippen molar-refractivity contribution >= 4 is 28.9 Å². The first-order valence-corrected chi connectivity index (χ1v) is 5.34. The smallest absolute Gasteiger partial charge is 0.383 e. The van der Waals surface area contributed by atoms with Gasteiger partial charge in [-0.15, -0.1) is 11.3 Å². The predicted molar refractivity (Wildman–Crippen MR) is 55.6 cm³/mol. The summed E-state index contributed by atoms with van der Waals surface area (Å²) in [6.07, 6.45) is -4.16. The molecule has 1 heterocycles. The van der Waals surface area contributed by atoms with E-state index in [1.807, 2.05) is 0 Å². The van der Waals surface area contributed by atoms with Gasteiger partial charge >= 0.3 is 24.2 Å². The van der Waals surface area contributed by atoms with Gasteiger partial charge in [-0.1, -0.05) is 0 Å². The second-order valence-electron chi connectivity index (χ2n) is 3.31. The van der Waals surface area contributed by atoms with Gasteiger partial charge in [0.1, 0.15) is 4.88 Å². The Morgan fingerprint density at radius 1 is 1.44 bits per heavy atom. The lowest BCUT2D eigenvalue weighted by atomic mass is 10.2. The predicted octanol–water partition coefficient (Wildman–Crippen LogP) is 2.59. The van der Waals surface area contributed by atoms with Crippen molar-refractivity contribution in [2.45, 2.75) is 19.3 Å². The summed E-state index contributed by atoms with van der Waals surface area (Å²) in [4.78, 5) is 21.3. The van der Waals surface area contributed by atoms with Crippen LogP contribution in [0.2, 0.25) is 0 Å². The Morgan fingerprint density at radius 2 is 2.00 bits per heavy atom. The maximum atomic E-state index is 12.7. The molecule has 0 saturated carbocycles. The highest BCUT2D eigenvalue weighted by Gasteiger charge is 2.49. The van der Waals surface area contributed by atoms with Crippen molar-refractivity contribution in [2.75, 3.05) is 5.32 Å². The molecule has 0 aliphatic rings. The van der Waals surface area contributed by atoms with E-state index in [0.29, 0.717) is 11.3 Å². The van der Waals surface area contributed by atoms with Gasteiger partial charge in [0.15, 0.2) is 0 Å². The number of carbonyl (C=O) groups is 2. The van der Waals surface area contributed by atoms with Gasteiger partial charge in [0.2, 0.25) is 0 Å². The van der Waals surface area contributed by atoms with Gasteiger partial charge in [0.05, 0.1) is 5.69 Å². The third kappa shape index (κ3) is 2.61. The fourth-order valence-electron chi connectivity index (χ4n) is 1.05. The Morgan fingerprint density at radius 3 is 2.44 bits per heavy atom. The van der Waals surface area contributed by atoms with Crippen LogP contribution in [0.5, 0.6) is 0 Å². The highest BCUT2D eigenvalue weighted by molar-refractivity contribution is 7.12. The van der Waals surface area contributed by atoms with Crippen molar-refractivity contribution in [1.29, 1.82) is 0 Å². The fourth-order valence-corrected chi connectivity index (χ4v) is 1.90. The van der Waals surface area contributed by atoms with E-state index in [9.17, 15) is 27.2 Å². The molecular weight excluding hydrogens is 278 g/mol. The number of thiophene rings is 1. The standard InChI is InChI=1S/C9H7F4NO3S/c1-3-2-18-5(6(15)16)4(3)14-8(17)9(12,13)7(10)11/h2,7H,1H3,(H,14,17)(H,15,16). The van der Waals surface area contributed by atoms with E-state index in [0.717, 1.165) is 0 Å². The summed E-state index contributed by atoms with van der Waals surface area (Å²) < 4.78 is 49.2. The third-order valence-corrected chi connectivity index (χ3v) is 3.07. The van der Waals surface area contributed by atoms with Crippen molar-refractivity contribution in [1.82, 2.24) is 0 Å². The number of rotatable bonds is 4. The van der Waals surface area contributed by atoms with Crippen LogP contribution >= 0.6 is 11.3 Å². The molecule has 0 aliphatic heterocycles. The summed E-state index contributed by atoms with van der Waals surface area (Å²) in [7, 11) is 0. The summed E-state index contributed by atoms with van der Waals surface area (Å²) in [6.45, 7) is 1.36. The number of aromatic carboxylic acids is 1. The molecule has 1 aromatic heterocycles. The van der Waals surface area contributed by atoms with E-state index in [-0.39, 0.29) is 5.56 Å². The molecule has 1 aromatic rings. The van der Waals surface area contributed by atoms with E-state index in [2.05, 4.69) is 0 Å². The Labute approximate surface area is 102 Å². The van der Waals surface area contributed by atoms with E-state index in [1.54, 1.807) is 0 Å². The van der Waals surface area contributed by atoms with Gasteiger partial charge in [-0.05, 0) is 17.9 Å². The van der Waals surface area contributed by atoms with Crippen molar-refractivity contribution in [3.63, 3.8) is 0 Å². The van der Waals surface area contributed by atoms with Crippen molar-refractivity contribution in [3.8, 4) is 0 Å². The molecule has 18 heavy (non-hydrogen) atoms. The molecule has 0 spiro atoms. The number of hydrogen-bond acceptors (Lipinski definition) is 3. The Hall–Kier alpha value is -1.64. The first kappa shape index (κ1) is 14.4. The molecule has 0 atom stereocenters. The number of halogens is 4. The Balaban J connectivity index is 3.02. The number of nitrogens with one attached hydrogen (secondary N) is 1. The summed E-state index contributed by atoms with van der Waals surface area (Å²) in [5.41, 5.74) is -0.186. The molecule has 0 radical (unpaired) electrons. The summed E-state index contributed by atoms with van der Waals surface area (Å²) >= 11 is 0.699. The molecule has 9 heteroatoms. The van der Waals surface area contributed by atoms with Gasteiger partial charge < -0.3 is 10.4 Å². The lowest BCUT2D eigenvalue weighted by Gasteiger charge is -2.15. The minimum atomic E-state index is -4.87. The first-order chi connectivity index (χ1) is 8.17. The zero-order chi connectivity index (χ0) is 14.1. The van der Waals surface area contributed by atoms with Crippen LogP contribution in [0.3, 0.4) is 0 Å².